The van der Waals surface area contributed by atoms with Gasteiger partial charge in [-0.15, -0.1) is 5.10 Å². The smallest absolute Gasteiger partial charge is 0.228 e. The summed E-state index contributed by atoms with van der Waals surface area (Å²) in [5.74, 6) is 1.69. The molecule has 1 amide bonds. The second-order valence-electron chi connectivity index (χ2n) is 8.04. The van der Waals surface area contributed by atoms with E-state index in [1.54, 1.807) is 11.3 Å². The summed E-state index contributed by atoms with van der Waals surface area (Å²) in [5, 5.41) is 8.99. The van der Waals surface area contributed by atoms with Crippen molar-refractivity contribution in [3.8, 4) is 11.3 Å². The Kier molecular flexibility index (Phi) is 4.55. The third kappa shape index (κ3) is 3.17. The van der Waals surface area contributed by atoms with Gasteiger partial charge in [-0.25, -0.2) is 4.98 Å². The molecular formula is C21H25N5OS. The number of piperidine rings is 1. The van der Waals surface area contributed by atoms with E-state index in [9.17, 15) is 4.79 Å². The summed E-state index contributed by atoms with van der Waals surface area (Å²) in [6.07, 6.45) is 5.48. The molecule has 1 aromatic carbocycles. The summed E-state index contributed by atoms with van der Waals surface area (Å²) in [7, 11) is 0. The van der Waals surface area contributed by atoms with Crippen LogP contribution in [0.5, 0.6) is 0 Å². The van der Waals surface area contributed by atoms with Crippen molar-refractivity contribution in [3.05, 3.63) is 30.3 Å². The van der Waals surface area contributed by atoms with Gasteiger partial charge in [-0.2, -0.15) is 4.52 Å². The van der Waals surface area contributed by atoms with Crippen molar-refractivity contribution < 1.29 is 4.79 Å². The van der Waals surface area contributed by atoms with Crippen LogP contribution in [0.25, 0.3) is 16.2 Å². The van der Waals surface area contributed by atoms with Gasteiger partial charge in [0.25, 0.3) is 0 Å². The molecule has 6 nitrogen and oxygen atoms in total. The number of aromatic nitrogens is 3. The number of carbonyl (C=O) groups is 1. The lowest BCUT2D eigenvalue weighted by atomic mass is 9.85. The lowest BCUT2D eigenvalue weighted by molar-refractivity contribution is -0.122. The first-order valence-electron chi connectivity index (χ1n) is 10.2. The van der Waals surface area contributed by atoms with Crippen molar-refractivity contribution in [1.82, 2.24) is 14.6 Å². The molecular weight excluding hydrogens is 370 g/mol. The Morgan fingerprint density at radius 3 is 2.57 bits per heavy atom. The molecule has 7 heteroatoms. The number of benzene rings is 1. The van der Waals surface area contributed by atoms with Gasteiger partial charge in [0, 0.05) is 24.6 Å². The highest BCUT2D eigenvalue weighted by molar-refractivity contribution is 7.20. The third-order valence-corrected chi connectivity index (χ3v) is 6.98. The van der Waals surface area contributed by atoms with Crippen molar-refractivity contribution >= 4 is 33.2 Å². The lowest BCUT2D eigenvalue weighted by Crippen LogP contribution is -2.32. The molecule has 1 aliphatic carbocycles. The molecule has 0 unspecified atom stereocenters. The van der Waals surface area contributed by atoms with E-state index in [-0.39, 0.29) is 11.8 Å². The summed E-state index contributed by atoms with van der Waals surface area (Å²) >= 11 is 1.61. The van der Waals surface area contributed by atoms with Gasteiger partial charge < -0.3 is 10.2 Å². The number of nitrogens with zero attached hydrogens (tertiary/aromatic N) is 4. The number of anilines is 2. The summed E-state index contributed by atoms with van der Waals surface area (Å²) in [5.41, 5.74) is 1.79. The van der Waals surface area contributed by atoms with Gasteiger partial charge in [-0.05, 0) is 31.6 Å². The van der Waals surface area contributed by atoms with Gasteiger partial charge in [0.05, 0.1) is 0 Å². The summed E-state index contributed by atoms with van der Waals surface area (Å²) in [4.78, 5) is 20.7. The number of hydrogen-bond donors (Lipinski definition) is 1. The summed E-state index contributed by atoms with van der Waals surface area (Å²) in [6, 6.07) is 10.0. The molecule has 2 aliphatic rings. The SMILES string of the molecule is CC1CCN(c2nn3c(NC(=O)C4CCC4)c(-c4ccccc4)nc3s2)CC1. The highest BCUT2D eigenvalue weighted by Crippen LogP contribution is 2.35. The van der Waals surface area contributed by atoms with Crippen LogP contribution in [0.4, 0.5) is 10.9 Å². The zero-order valence-corrected chi connectivity index (χ0v) is 16.9. The Balaban J connectivity index is 1.52. The first-order chi connectivity index (χ1) is 13.7. The first kappa shape index (κ1) is 17.7. The van der Waals surface area contributed by atoms with E-state index in [2.05, 4.69) is 17.1 Å². The predicted octanol–water partition coefficient (Wildman–Crippen LogP) is 4.43. The van der Waals surface area contributed by atoms with Crippen LogP contribution in [0.15, 0.2) is 30.3 Å². The zero-order valence-electron chi connectivity index (χ0n) is 16.1. The number of fused-ring (bicyclic) bond motifs is 1. The average molecular weight is 396 g/mol. The van der Waals surface area contributed by atoms with E-state index >= 15 is 0 Å². The van der Waals surface area contributed by atoms with E-state index in [0.717, 1.165) is 59.6 Å². The van der Waals surface area contributed by atoms with Crippen LogP contribution in [0.3, 0.4) is 0 Å². The zero-order chi connectivity index (χ0) is 19.1. The van der Waals surface area contributed by atoms with Crippen LogP contribution < -0.4 is 10.2 Å². The fourth-order valence-electron chi connectivity index (χ4n) is 3.86. The minimum absolute atomic E-state index is 0.0894. The Hall–Kier alpha value is -2.41. The normalized spacial score (nSPS) is 18.4. The molecule has 146 valence electrons. The molecule has 2 fully saturated rings. The third-order valence-electron chi connectivity index (χ3n) is 6.01. The van der Waals surface area contributed by atoms with Crippen molar-refractivity contribution in [3.63, 3.8) is 0 Å². The Labute approximate surface area is 168 Å². The van der Waals surface area contributed by atoms with E-state index in [0.29, 0.717) is 5.82 Å². The van der Waals surface area contributed by atoms with Crippen molar-refractivity contribution in [2.45, 2.75) is 39.0 Å². The molecule has 5 rings (SSSR count). The molecule has 1 N–H and O–H groups in total. The van der Waals surface area contributed by atoms with Gasteiger partial charge in [0.2, 0.25) is 16.0 Å². The van der Waals surface area contributed by atoms with Gasteiger partial charge in [-0.1, -0.05) is 55.0 Å². The predicted molar refractivity (Wildman–Crippen MR) is 113 cm³/mol. The van der Waals surface area contributed by atoms with Crippen LogP contribution in [0.1, 0.15) is 39.0 Å². The molecule has 3 aromatic rings. The Morgan fingerprint density at radius 1 is 1.14 bits per heavy atom. The standard InChI is InChI=1S/C21H25N5OS/c1-14-10-12-25(13-11-14)21-24-26-18(23-19(27)16-8-5-9-16)17(22-20(26)28-21)15-6-3-2-4-7-15/h2-4,6-7,14,16H,5,8-13H2,1H3,(H,23,27). The lowest BCUT2D eigenvalue weighted by Gasteiger charge is -2.29. The van der Waals surface area contributed by atoms with E-state index in [1.807, 2.05) is 34.8 Å². The molecule has 3 heterocycles. The quantitative estimate of drug-likeness (QED) is 0.710. The van der Waals surface area contributed by atoms with Crippen LogP contribution in [-0.2, 0) is 4.79 Å². The van der Waals surface area contributed by atoms with E-state index < -0.39 is 0 Å². The molecule has 1 saturated heterocycles. The molecule has 0 bridgehead atoms. The number of hydrogen-bond acceptors (Lipinski definition) is 5. The number of nitrogens with one attached hydrogen (secondary N) is 1. The van der Waals surface area contributed by atoms with Gasteiger partial charge in [0.1, 0.15) is 5.69 Å². The number of amides is 1. The minimum atomic E-state index is 0.0894. The molecule has 2 aromatic heterocycles. The van der Waals surface area contributed by atoms with E-state index in [1.165, 1.54) is 12.8 Å². The van der Waals surface area contributed by atoms with Crippen molar-refractivity contribution in [2.75, 3.05) is 23.3 Å². The van der Waals surface area contributed by atoms with Crippen LogP contribution in [-0.4, -0.2) is 33.6 Å². The number of imidazole rings is 1. The Morgan fingerprint density at radius 2 is 1.89 bits per heavy atom. The van der Waals surface area contributed by atoms with E-state index in [4.69, 9.17) is 10.1 Å². The maximum absolute atomic E-state index is 12.7. The maximum atomic E-state index is 12.7. The second kappa shape index (κ2) is 7.20. The van der Waals surface area contributed by atoms with Gasteiger partial charge in [-0.3, -0.25) is 4.79 Å². The molecule has 0 atom stereocenters. The van der Waals surface area contributed by atoms with Crippen molar-refractivity contribution in [1.29, 1.82) is 0 Å². The van der Waals surface area contributed by atoms with Gasteiger partial charge in [0.15, 0.2) is 5.82 Å². The van der Waals surface area contributed by atoms with Crippen LogP contribution >= 0.6 is 11.3 Å². The first-order valence-corrected chi connectivity index (χ1v) is 11.0. The summed E-state index contributed by atoms with van der Waals surface area (Å²) < 4.78 is 1.83. The monoisotopic (exact) mass is 395 g/mol. The van der Waals surface area contributed by atoms with Crippen LogP contribution in [0, 0.1) is 11.8 Å². The Bertz CT molecular complexity index is 983. The molecule has 1 aliphatic heterocycles. The van der Waals surface area contributed by atoms with Crippen LogP contribution in [0.2, 0.25) is 0 Å². The average Bonchev–Trinajstić information content (AvgIpc) is 3.21. The number of rotatable bonds is 4. The molecule has 28 heavy (non-hydrogen) atoms. The molecule has 0 radical (unpaired) electrons. The molecule has 0 spiro atoms. The van der Waals surface area contributed by atoms with Gasteiger partial charge >= 0.3 is 0 Å². The molecule has 1 saturated carbocycles. The highest BCUT2D eigenvalue weighted by Gasteiger charge is 2.29. The largest absolute Gasteiger partial charge is 0.347 e. The second-order valence-corrected chi connectivity index (χ2v) is 8.98. The van der Waals surface area contributed by atoms with Crippen molar-refractivity contribution in [2.24, 2.45) is 11.8 Å². The summed E-state index contributed by atoms with van der Waals surface area (Å²) in [6.45, 7) is 4.38. The minimum Gasteiger partial charge on any atom is -0.347 e. The fraction of sp³-hybridized carbons (Fsp3) is 0.476. The fourth-order valence-corrected chi connectivity index (χ4v) is 4.82. The topological polar surface area (TPSA) is 62.5 Å². The number of carbonyl (C=O) groups excluding carboxylic acids is 1. The maximum Gasteiger partial charge on any atom is 0.228 e. The highest BCUT2D eigenvalue weighted by atomic mass is 32.1.